The summed E-state index contributed by atoms with van der Waals surface area (Å²) >= 11 is 0. The van der Waals surface area contributed by atoms with E-state index in [9.17, 15) is 19.1 Å². The van der Waals surface area contributed by atoms with Crippen molar-refractivity contribution < 1.29 is 23.8 Å². The van der Waals surface area contributed by atoms with Gasteiger partial charge in [0.05, 0.1) is 23.8 Å². The number of hydrogen-bond donors (Lipinski definition) is 2. The van der Waals surface area contributed by atoms with Crippen LogP contribution in [0.3, 0.4) is 0 Å². The van der Waals surface area contributed by atoms with E-state index >= 15 is 0 Å². The number of hydrogen-bond acceptors (Lipinski definition) is 4. The maximum atomic E-state index is 14.9. The van der Waals surface area contributed by atoms with Gasteiger partial charge in [0.15, 0.2) is 11.4 Å². The van der Waals surface area contributed by atoms with Gasteiger partial charge < -0.3 is 15.2 Å². The largest absolute Gasteiger partial charge is 0.489 e. The monoisotopic (exact) mass is 479 g/mol. The van der Waals surface area contributed by atoms with Gasteiger partial charge in [-0.1, -0.05) is 31.4 Å². The molecule has 2 aliphatic rings. The lowest BCUT2D eigenvalue weighted by molar-refractivity contribution is -0.144. The van der Waals surface area contributed by atoms with Crippen LogP contribution in [0.2, 0.25) is 0 Å². The van der Waals surface area contributed by atoms with Crippen molar-refractivity contribution in [3.8, 4) is 5.75 Å². The van der Waals surface area contributed by atoms with Gasteiger partial charge in [-0.15, -0.1) is 0 Å². The molecule has 2 aliphatic carbocycles. The number of aromatic nitrogens is 2. The summed E-state index contributed by atoms with van der Waals surface area (Å²) in [5.41, 5.74) is 0.702. The summed E-state index contributed by atoms with van der Waals surface area (Å²) in [4.78, 5) is 30.3. The Labute approximate surface area is 203 Å². The highest BCUT2D eigenvalue weighted by Gasteiger charge is 2.50. The minimum atomic E-state index is -1.41. The molecule has 0 saturated heterocycles. The summed E-state index contributed by atoms with van der Waals surface area (Å²) in [6.07, 6.45) is 7.93. The molecule has 0 aliphatic heterocycles. The van der Waals surface area contributed by atoms with Gasteiger partial charge in [-0.2, -0.15) is 0 Å². The van der Waals surface area contributed by atoms with Crippen LogP contribution in [0.25, 0.3) is 5.65 Å². The lowest BCUT2D eigenvalue weighted by Gasteiger charge is -2.31. The molecular weight excluding hydrogens is 449 g/mol. The summed E-state index contributed by atoms with van der Waals surface area (Å²) in [6, 6.07) is 8.21. The molecule has 0 bridgehead atoms. The van der Waals surface area contributed by atoms with Crippen LogP contribution in [0.4, 0.5) is 4.39 Å². The average Bonchev–Trinajstić information content (AvgIpc) is 3.33. The number of aliphatic carboxylic acids is 1. The predicted octanol–water partition coefficient (Wildman–Crippen LogP) is 4.64. The Morgan fingerprint density at radius 1 is 1.23 bits per heavy atom. The molecule has 184 valence electrons. The fourth-order valence-electron chi connectivity index (χ4n) is 5.80. The number of rotatable bonds is 6. The summed E-state index contributed by atoms with van der Waals surface area (Å²) in [5.74, 6) is -1.99. The van der Waals surface area contributed by atoms with Crippen LogP contribution in [-0.2, 0) is 16.8 Å². The lowest BCUT2D eigenvalue weighted by atomic mass is 9.85. The van der Waals surface area contributed by atoms with E-state index < -0.39 is 29.2 Å². The smallest absolute Gasteiger partial charge is 0.309 e. The molecule has 1 fully saturated rings. The third-order valence-electron chi connectivity index (χ3n) is 7.61. The topological polar surface area (TPSA) is 92.9 Å². The molecule has 1 amide bonds. The Hall–Kier alpha value is -3.42. The zero-order chi connectivity index (χ0) is 24.7. The summed E-state index contributed by atoms with van der Waals surface area (Å²) in [7, 11) is 0. The van der Waals surface area contributed by atoms with Crippen molar-refractivity contribution in [3.63, 3.8) is 0 Å². The fraction of sp³-hybridized carbons (Fsp3) is 0.444. The van der Waals surface area contributed by atoms with Gasteiger partial charge in [0.1, 0.15) is 11.5 Å². The number of carbonyl (C=O) groups is 2. The predicted molar refractivity (Wildman–Crippen MR) is 128 cm³/mol. The van der Waals surface area contributed by atoms with Crippen molar-refractivity contribution in [2.24, 2.45) is 11.8 Å². The van der Waals surface area contributed by atoms with E-state index in [0.29, 0.717) is 35.2 Å². The van der Waals surface area contributed by atoms with Gasteiger partial charge in [-0.25, -0.2) is 9.37 Å². The molecule has 7 nitrogen and oxygen atoms in total. The molecule has 2 N–H and O–H groups in total. The van der Waals surface area contributed by atoms with Gasteiger partial charge in [0.2, 0.25) is 0 Å². The third-order valence-corrected chi connectivity index (χ3v) is 7.61. The summed E-state index contributed by atoms with van der Waals surface area (Å²) in [6.45, 7) is 3.92. The maximum Gasteiger partial charge on any atom is 0.309 e. The molecule has 1 saturated carbocycles. The molecule has 2 atom stereocenters. The van der Waals surface area contributed by atoms with Gasteiger partial charge in [-0.05, 0) is 62.8 Å². The number of aryl methyl sites for hydroxylation is 1. The van der Waals surface area contributed by atoms with Crippen molar-refractivity contribution >= 4 is 17.5 Å². The summed E-state index contributed by atoms with van der Waals surface area (Å²) in [5, 5.41) is 12.7. The quantitative estimate of drug-likeness (QED) is 0.537. The number of benzene rings is 1. The number of carboxylic acids is 1. The zero-order valence-electron chi connectivity index (χ0n) is 20.0. The highest BCUT2D eigenvalue weighted by atomic mass is 19.1. The Kier molecular flexibility index (Phi) is 5.99. The number of nitrogens with zero attached hydrogens (tertiary/aromatic N) is 2. The minimum absolute atomic E-state index is 0.143. The Bertz CT molecular complexity index is 1300. The molecule has 0 unspecified atom stereocenters. The van der Waals surface area contributed by atoms with Crippen LogP contribution in [0.5, 0.6) is 5.75 Å². The SMILES string of the molecule is Cc1nc2c(OCC3CCCCC3)cccn2c1C(=O)N[C@@]1(C)c2c(F)cccc2C[C@@H]1C(=O)O. The molecule has 0 spiro atoms. The summed E-state index contributed by atoms with van der Waals surface area (Å²) < 4.78 is 22.7. The van der Waals surface area contributed by atoms with E-state index in [2.05, 4.69) is 10.3 Å². The van der Waals surface area contributed by atoms with Crippen molar-refractivity contribution in [2.75, 3.05) is 6.61 Å². The number of carbonyl (C=O) groups excluding carboxylic acids is 1. The first-order chi connectivity index (χ1) is 16.8. The second-order valence-corrected chi connectivity index (χ2v) is 9.95. The number of imidazole rings is 1. The molecule has 0 radical (unpaired) electrons. The standard InChI is InChI=1S/C27H30FN3O4/c1-16-23(31-13-7-12-21(24(31)29-16)35-15-17-8-4-3-5-9-17)25(32)30-27(2)19(26(33)34)14-18-10-6-11-20(28)22(18)27/h6-7,10-13,17,19H,3-5,8-9,14-15H2,1-2H3,(H,30,32)(H,33,34)/t19-,27-/m1/s1. The van der Waals surface area contributed by atoms with Crippen LogP contribution >= 0.6 is 0 Å². The number of ether oxygens (including phenoxy) is 1. The maximum absolute atomic E-state index is 14.9. The van der Waals surface area contributed by atoms with E-state index in [-0.39, 0.29) is 17.7 Å². The first-order valence-corrected chi connectivity index (χ1v) is 12.2. The Balaban J connectivity index is 1.46. The molecule has 2 heterocycles. The van der Waals surface area contributed by atoms with Gasteiger partial charge in [-0.3, -0.25) is 14.0 Å². The second-order valence-electron chi connectivity index (χ2n) is 9.95. The number of pyridine rings is 1. The second kappa shape index (κ2) is 8.98. The van der Waals surface area contributed by atoms with E-state index in [1.165, 1.54) is 25.3 Å². The van der Waals surface area contributed by atoms with E-state index in [4.69, 9.17) is 4.74 Å². The molecule has 8 heteroatoms. The zero-order valence-corrected chi connectivity index (χ0v) is 20.0. The highest BCUT2D eigenvalue weighted by molar-refractivity contribution is 5.96. The van der Waals surface area contributed by atoms with E-state index in [1.807, 2.05) is 6.07 Å². The highest BCUT2D eigenvalue weighted by Crippen LogP contribution is 2.43. The number of fused-ring (bicyclic) bond motifs is 2. The van der Waals surface area contributed by atoms with Crippen LogP contribution in [0, 0.1) is 24.6 Å². The van der Waals surface area contributed by atoms with Crippen molar-refractivity contribution in [1.82, 2.24) is 14.7 Å². The molecular formula is C27H30FN3O4. The molecule has 35 heavy (non-hydrogen) atoms. The first-order valence-electron chi connectivity index (χ1n) is 12.2. The Morgan fingerprint density at radius 3 is 2.74 bits per heavy atom. The number of carboxylic acid groups (broad SMARTS) is 1. The van der Waals surface area contributed by atoms with Gasteiger partial charge in [0.25, 0.3) is 5.91 Å². The lowest BCUT2D eigenvalue weighted by Crippen LogP contribution is -2.50. The Morgan fingerprint density at radius 2 is 2.00 bits per heavy atom. The van der Waals surface area contributed by atoms with Crippen LogP contribution in [0.15, 0.2) is 36.5 Å². The molecule has 1 aromatic carbocycles. The van der Waals surface area contributed by atoms with Crippen LogP contribution < -0.4 is 10.1 Å². The normalized spacial score (nSPS) is 22.2. The van der Waals surface area contributed by atoms with Gasteiger partial charge >= 0.3 is 5.97 Å². The van der Waals surface area contributed by atoms with Crippen LogP contribution in [-0.4, -0.2) is 33.0 Å². The van der Waals surface area contributed by atoms with E-state index in [0.717, 1.165) is 12.8 Å². The van der Waals surface area contributed by atoms with Gasteiger partial charge in [0, 0.05) is 11.8 Å². The van der Waals surface area contributed by atoms with Crippen LogP contribution in [0.1, 0.15) is 66.3 Å². The molecule has 3 aromatic rings. The fourth-order valence-corrected chi connectivity index (χ4v) is 5.80. The average molecular weight is 480 g/mol. The number of amides is 1. The number of halogens is 1. The number of nitrogens with one attached hydrogen (secondary N) is 1. The van der Waals surface area contributed by atoms with Crippen molar-refractivity contribution in [3.05, 3.63) is 64.9 Å². The van der Waals surface area contributed by atoms with E-state index in [1.54, 1.807) is 42.6 Å². The third kappa shape index (κ3) is 4.05. The molecule has 2 aromatic heterocycles. The first kappa shape index (κ1) is 23.3. The van der Waals surface area contributed by atoms with Crippen molar-refractivity contribution in [1.29, 1.82) is 0 Å². The molecule has 5 rings (SSSR count). The van der Waals surface area contributed by atoms with Crippen molar-refractivity contribution in [2.45, 2.75) is 57.9 Å². The minimum Gasteiger partial charge on any atom is -0.489 e.